The highest BCUT2D eigenvalue weighted by Gasteiger charge is 2.24. The van der Waals surface area contributed by atoms with Crippen LogP contribution in [0.15, 0.2) is 30.6 Å². The van der Waals surface area contributed by atoms with E-state index in [-0.39, 0.29) is 0 Å². The van der Waals surface area contributed by atoms with Crippen LogP contribution < -0.4 is 10.1 Å². The smallest absolute Gasteiger partial charge is 0.164 e. The number of hydrogen-bond donors (Lipinski definition) is 1. The molecule has 1 unspecified atom stereocenters. The standard InChI is InChI=1S/C15H18N4O/c1-2-4-14-13(3-1)11(9-20-14)8-19-10-17-15(18-19)7-16-12-5-6-12/h1-4,10-12,16H,5-9H2. The normalized spacial score (nSPS) is 20.7. The SMILES string of the molecule is c1ccc2c(c1)OCC2Cn1cnc(CNC2CC2)n1. The number of nitrogens with one attached hydrogen (secondary N) is 1. The predicted octanol–water partition coefficient (Wildman–Crippen LogP) is 1.71. The van der Waals surface area contributed by atoms with E-state index in [1.807, 2.05) is 23.1 Å². The molecule has 0 radical (unpaired) electrons. The number of hydrogen-bond acceptors (Lipinski definition) is 4. The van der Waals surface area contributed by atoms with Gasteiger partial charge in [-0.2, -0.15) is 5.10 Å². The number of nitrogens with zero attached hydrogens (tertiary/aromatic N) is 3. The maximum absolute atomic E-state index is 5.70. The van der Waals surface area contributed by atoms with E-state index < -0.39 is 0 Å². The predicted molar refractivity (Wildman–Crippen MR) is 74.6 cm³/mol. The molecule has 2 aliphatic rings. The number of benzene rings is 1. The van der Waals surface area contributed by atoms with Gasteiger partial charge in [0.25, 0.3) is 0 Å². The Bertz CT molecular complexity index is 605. The van der Waals surface area contributed by atoms with E-state index in [0.717, 1.165) is 31.3 Å². The van der Waals surface area contributed by atoms with Crippen molar-refractivity contribution in [3.05, 3.63) is 42.0 Å². The minimum atomic E-state index is 0.372. The molecule has 104 valence electrons. The third-order valence-electron chi connectivity index (χ3n) is 3.92. The molecule has 1 aliphatic heterocycles. The quantitative estimate of drug-likeness (QED) is 0.898. The summed E-state index contributed by atoms with van der Waals surface area (Å²) in [4.78, 5) is 4.36. The maximum Gasteiger partial charge on any atom is 0.164 e. The summed E-state index contributed by atoms with van der Waals surface area (Å²) in [5.74, 6) is 2.26. The molecule has 20 heavy (non-hydrogen) atoms. The van der Waals surface area contributed by atoms with Gasteiger partial charge in [-0.05, 0) is 18.9 Å². The van der Waals surface area contributed by atoms with Crippen molar-refractivity contribution in [2.24, 2.45) is 0 Å². The number of para-hydroxylation sites is 1. The molecular weight excluding hydrogens is 252 g/mol. The lowest BCUT2D eigenvalue weighted by Gasteiger charge is -2.08. The highest BCUT2D eigenvalue weighted by molar-refractivity contribution is 5.39. The van der Waals surface area contributed by atoms with Crippen molar-refractivity contribution in [2.75, 3.05) is 6.61 Å². The molecular formula is C15H18N4O. The Morgan fingerprint density at radius 2 is 2.20 bits per heavy atom. The van der Waals surface area contributed by atoms with E-state index in [4.69, 9.17) is 4.74 Å². The van der Waals surface area contributed by atoms with Crippen LogP contribution in [0.25, 0.3) is 0 Å². The highest BCUT2D eigenvalue weighted by atomic mass is 16.5. The monoisotopic (exact) mass is 270 g/mol. The van der Waals surface area contributed by atoms with Gasteiger partial charge in [-0.3, -0.25) is 4.68 Å². The molecule has 5 nitrogen and oxygen atoms in total. The Morgan fingerprint density at radius 1 is 1.30 bits per heavy atom. The molecule has 2 heterocycles. The van der Waals surface area contributed by atoms with Gasteiger partial charge in [0.1, 0.15) is 12.1 Å². The van der Waals surface area contributed by atoms with Gasteiger partial charge in [0, 0.05) is 17.5 Å². The van der Waals surface area contributed by atoms with Crippen molar-refractivity contribution in [1.29, 1.82) is 0 Å². The molecule has 2 aromatic rings. The van der Waals surface area contributed by atoms with Crippen LogP contribution in [0.4, 0.5) is 0 Å². The fourth-order valence-electron chi connectivity index (χ4n) is 2.63. The third kappa shape index (κ3) is 2.41. The third-order valence-corrected chi connectivity index (χ3v) is 3.92. The number of ether oxygens (including phenoxy) is 1. The van der Waals surface area contributed by atoms with Crippen molar-refractivity contribution < 1.29 is 4.74 Å². The first kappa shape index (κ1) is 11.9. The second kappa shape index (κ2) is 4.90. The Kier molecular flexibility index (Phi) is 2.92. The van der Waals surface area contributed by atoms with Crippen molar-refractivity contribution in [2.45, 2.75) is 37.9 Å². The summed E-state index contributed by atoms with van der Waals surface area (Å²) in [6.45, 7) is 2.33. The Balaban J connectivity index is 1.41. The fraction of sp³-hybridized carbons (Fsp3) is 0.467. The van der Waals surface area contributed by atoms with E-state index in [9.17, 15) is 0 Å². The first-order chi connectivity index (χ1) is 9.88. The molecule has 0 saturated heterocycles. The molecule has 1 fully saturated rings. The lowest BCUT2D eigenvalue weighted by molar-refractivity contribution is 0.314. The van der Waals surface area contributed by atoms with Gasteiger partial charge in [-0.25, -0.2) is 4.98 Å². The lowest BCUT2D eigenvalue weighted by Crippen LogP contribution is -2.17. The van der Waals surface area contributed by atoms with Gasteiger partial charge in [0.05, 0.1) is 19.7 Å². The van der Waals surface area contributed by atoms with Crippen molar-refractivity contribution in [3.63, 3.8) is 0 Å². The van der Waals surface area contributed by atoms with E-state index in [0.29, 0.717) is 12.0 Å². The van der Waals surface area contributed by atoms with Crippen LogP contribution in [0.3, 0.4) is 0 Å². The molecule has 5 heteroatoms. The molecule has 4 rings (SSSR count). The minimum Gasteiger partial charge on any atom is -0.493 e. The van der Waals surface area contributed by atoms with Crippen molar-refractivity contribution in [3.8, 4) is 5.75 Å². The molecule has 1 aromatic heterocycles. The topological polar surface area (TPSA) is 52.0 Å². The fourth-order valence-corrected chi connectivity index (χ4v) is 2.63. The van der Waals surface area contributed by atoms with Gasteiger partial charge >= 0.3 is 0 Å². The summed E-state index contributed by atoms with van der Waals surface area (Å²) >= 11 is 0. The second-order valence-corrected chi connectivity index (χ2v) is 5.58. The summed E-state index contributed by atoms with van der Waals surface area (Å²) in [6.07, 6.45) is 4.40. The lowest BCUT2D eigenvalue weighted by atomic mass is 10.0. The van der Waals surface area contributed by atoms with Crippen LogP contribution in [-0.2, 0) is 13.1 Å². The summed E-state index contributed by atoms with van der Waals surface area (Å²) in [6, 6.07) is 8.93. The van der Waals surface area contributed by atoms with Crippen LogP contribution in [-0.4, -0.2) is 27.4 Å². The van der Waals surface area contributed by atoms with Crippen molar-refractivity contribution in [1.82, 2.24) is 20.1 Å². The average molecular weight is 270 g/mol. The molecule has 0 bridgehead atoms. The number of fused-ring (bicyclic) bond motifs is 1. The first-order valence-electron chi connectivity index (χ1n) is 7.22. The highest BCUT2D eigenvalue weighted by Crippen LogP contribution is 2.34. The molecule has 1 atom stereocenters. The van der Waals surface area contributed by atoms with Crippen LogP contribution in [0, 0.1) is 0 Å². The van der Waals surface area contributed by atoms with Gasteiger partial charge < -0.3 is 10.1 Å². The Hall–Kier alpha value is -1.88. The van der Waals surface area contributed by atoms with Gasteiger partial charge in [-0.1, -0.05) is 18.2 Å². The summed E-state index contributed by atoms with van der Waals surface area (Å²) in [7, 11) is 0. The van der Waals surface area contributed by atoms with Crippen molar-refractivity contribution >= 4 is 0 Å². The largest absolute Gasteiger partial charge is 0.493 e. The maximum atomic E-state index is 5.70. The average Bonchev–Trinajstić information content (AvgIpc) is 3.06. The molecule has 1 aromatic carbocycles. The summed E-state index contributed by atoms with van der Waals surface area (Å²) in [5.41, 5.74) is 1.28. The first-order valence-corrected chi connectivity index (χ1v) is 7.22. The molecule has 0 amide bonds. The summed E-state index contributed by atoms with van der Waals surface area (Å²) in [5, 5.41) is 7.97. The zero-order valence-corrected chi connectivity index (χ0v) is 11.3. The number of aromatic nitrogens is 3. The van der Waals surface area contributed by atoms with Crippen LogP contribution in [0.5, 0.6) is 5.75 Å². The van der Waals surface area contributed by atoms with Gasteiger partial charge in [0.2, 0.25) is 0 Å². The van der Waals surface area contributed by atoms with Gasteiger partial charge in [-0.15, -0.1) is 0 Å². The second-order valence-electron chi connectivity index (χ2n) is 5.58. The van der Waals surface area contributed by atoms with E-state index in [1.54, 1.807) is 0 Å². The zero-order valence-electron chi connectivity index (χ0n) is 11.3. The van der Waals surface area contributed by atoms with Crippen LogP contribution >= 0.6 is 0 Å². The van der Waals surface area contributed by atoms with Crippen LogP contribution in [0.2, 0.25) is 0 Å². The summed E-state index contributed by atoms with van der Waals surface area (Å²) < 4.78 is 7.63. The van der Waals surface area contributed by atoms with Crippen LogP contribution in [0.1, 0.15) is 30.1 Å². The Labute approximate surface area is 118 Å². The zero-order chi connectivity index (χ0) is 13.4. The molecule has 1 N–H and O–H groups in total. The van der Waals surface area contributed by atoms with Gasteiger partial charge in [0.15, 0.2) is 5.82 Å². The van der Waals surface area contributed by atoms with E-state index >= 15 is 0 Å². The molecule has 1 saturated carbocycles. The molecule has 1 aliphatic carbocycles. The Morgan fingerprint density at radius 3 is 3.10 bits per heavy atom. The minimum absolute atomic E-state index is 0.372. The van der Waals surface area contributed by atoms with E-state index in [1.165, 1.54) is 18.4 Å². The molecule has 0 spiro atoms. The van der Waals surface area contributed by atoms with E-state index in [2.05, 4.69) is 27.5 Å². The number of rotatable bonds is 5.